The van der Waals surface area contributed by atoms with E-state index in [2.05, 4.69) is 15.0 Å². The quantitative estimate of drug-likeness (QED) is 0.359. The van der Waals surface area contributed by atoms with Crippen LogP contribution in [0.15, 0.2) is 23.5 Å². The van der Waals surface area contributed by atoms with Crippen molar-refractivity contribution < 1.29 is 5.21 Å². The van der Waals surface area contributed by atoms with Crippen LogP contribution >= 0.6 is 11.6 Å². The normalized spacial score (nSPS) is 31.5. The van der Waals surface area contributed by atoms with Crippen molar-refractivity contribution in [3.8, 4) is 0 Å². The molecule has 0 spiro atoms. The van der Waals surface area contributed by atoms with Crippen molar-refractivity contribution in [3.05, 3.63) is 23.4 Å². The molecule has 2 aliphatic rings. The predicted octanol–water partition coefficient (Wildman–Crippen LogP) is 1.16. The number of anilines is 1. The zero-order chi connectivity index (χ0) is 12.0. The van der Waals surface area contributed by atoms with Crippen molar-refractivity contribution in [2.24, 2.45) is 28.6 Å². The first-order valence-corrected chi connectivity index (χ1v) is 5.92. The smallest absolute Gasteiger partial charge is 0.142 e. The Hall–Kier alpha value is -1.49. The summed E-state index contributed by atoms with van der Waals surface area (Å²) in [6.07, 6.45) is 1.71. The van der Waals surface area contributed by atoms with Gasteiger partial charge in [0.2, 0.25) is 0 Å². The summed E-state index contributed by atoms with van der Waals surface area (Å²) in [5.41, 5.74) is 5.62. The lowest BCUT2D eigenvalue weighted by Gasteiger charge is -2.20. The number of nitrogens with two attached hydrogens (primary N) is 1. The second-order valence-corrected chi connectivity index (χ2v) is 5.05. The molecule has 1 aromatic rings. The number of oxime groups is 1. The average Bonchev–Trinajstić information content (AvgIpc) is 2.82. The van der Waals surface area contributed by atoms with Crippen LogP contribution in [0.3, 0.4) is 0 Å². The Morgan fingerprint density at radius 3 is 2.82 bits per heavy atom. The maximum absolute atomic E-state index is 8.64. The molecule has 0 radical (unpaired) electrons. The molecule has 6 heteroatoms. The Morgan fingerprint density at radius 1 is 1.53 bits per heavy atom. The molecule has 5 nitrogen and oxygen atoms in total. The van der Waals surface area contributed by atoms with Gasteiger partial charge in [-0.05, 0) is 24.0 Å². The third kappa shape index (κ3) is 1.70. The van der Waals surface area contributed by atoms with Crippen LogP contribution in [0.5, 0.6) is 0 Å². The molecule has 3 rings (SSSR count). The molecule has 1 saturated heterocycles. The van der Waals surface area contributed by atoms with Crippen molar-refractivity contribution in [3.63, 3.8) is 0 Å². The molecular formula is C11H13ClN4O. The number of halogens is 1. The lowest BCUT2D eigenvalue weighted by atomic mass is 10.2. The van der Waals surface area contributed by atoms with E-state index in [1.54, 1.807) is 12.3 Å². The van der Waals surface area contributed by atoms with Crippen LogP contribution in [0.2, 0.25) is 5.02 Å². The molecular weight excluding hydrogens is 240 g/mol. The van der Waals surface area contributed by atoms with Gasteiger partial charge in [0.05, 0.1) is 0 Å². The molecule has 1 saturated carbocycles. The third-order valence-corrected chi connectivity index (χ3v) is 3.92. The van der Waals surface area contributed by atoms with Crippen molar-refractivity contribution in [1.82, 2.24) is 4.98 Å². The first-order valence-electron chi connectivity index (χ1n) is 5.54. The van der Waals surface area contributed by atoms with Crippen LogP contribution in [0, 0.1) is 17.8 Å². The minimum absolute atomic E-state index is 0.246. The summed E-state index contributed by atoms with van der Waals surface area (Å²) >= 11 is 5.93. The molecule has 3 atom stereocenters. The maximum atomic E-state index is 8.64. The summed E-state index contributed by atoms with van der Waals surface area (Å²) in [5, 5.41) is 12.4. The maximum Gasteiger partial charge on any atom is 0.142 e. The number of amidine groups is 1. The van der Waals surface area contributed by atoms with E-state index in [0.29, 0.717) is 22.7 Å². The Bertz CT molecular complexity index is 466. The van der Waals surface area contributed by atoms with Crippen molar-refractivity contribution in [2.45, 2.75) is 0 Å². The summed E-state index contributed by atoms with van der Waals surface area (Å²) < 4.78 is 0. The molecule has 1 aliphatic heterocycles. The Labute approximate surface area is 104 Å². The van der Waals surface area contributed by atoms with Gasteiger partial charge in [0, 0.05) is 30.2 Å². The molecule has 3 N–H and O–H groups in total. The van der Waals surface area contributed by atoms with Gasteiger partial charge in [-0.15, -0.1) is 0 Å². The lowest BCUT2D eigenvalue weighted by molar-refractivity contribution is 0.315. The summed E-state index contributed by atoms with van der Waals surface area (Å²) in [6.45, 7) is 1.80. The molecule has 0 aromatic carbocycles. The van der Waals surface area contributed by atoms with E-state index in [1.807, 2.05) is 6.07 Å². The lowest BCUT2D eigenvalue weighted by Crippen LogP contribution is -2.29. The van der Waals surface area contributed by atoms with Gasteiger partial charge in [-0.1, -0.05) is 16.8 Å². The fourth-order valence-corrected chi connectivity index (χ4v) is 2.94. The summed E-state index contributed by atoms with van der Waals surface area (Å²) in [5.74, 6) is 2.50. The fraction of sp³-hybridized carbons (Fsp3) is 0.455. The van der Waals surface area contributed by atoms with Crippen LogP contribution in [0.25, 0.3) is 0 Å². The Balaban J connectivity index is 1.69. The highest BCUT2D eigenvalue weighted by molar-refractivity contribution is 6.30. The second kappa shape index (κ2) is 3.77. The number of nitrogens with zero attached hydrogens (tertiary/aromatic N) is 3. The van der Waals surface area contributed by atoms with E-state index in [0.717, 1.165) is 18.9 Å². The molecule has 2 heterocycles. The molecule has 17 heavy (non-hydrogen) atoms. The zero-order valence-corrected chi connectivity index (χ0v) is 9.88. The van der Waals surface area contributed by atoms with Gasteiger partial charge >= 0.3 is 0 Å². The molecule has 0 bridgehead atoms. The number of rotatable bonds is 2. The summed E-state index contributed by atoms with van der Waals surface area (Å²) in [6, 6.07) is 3.63. The summed E-state index contributed by atoms with van der Waals surface area (Å²) in [7, 11) is 0. The van der Waals surface area contributed by atoms with E-state index in [1.165, 1.54) is 0 Å². The van der Waals surface area contributed by atoms with E-state index in [9.17, 15) is 0 Å². The van der Waals surface area contributed by atoms with E-state index in [4.69, 9.17) is 22.5 Å². The average molecular weight is 253 g/mol. The highest BCUT2D eigenvalue weighted by Gasteiger charge is 2.58. The zero-order valence-electron chi connectivity index (χ0n) is 9.12. The van der Waals surface area contributed by atoms with Crippen LogP contribution in [-0.2, 0) is 0 Å². The van der Waals surface area contributed by atoms with Crippen LogP contribution in [0.4, 0.5) is 5.82 Å². The number of aromatic nitrogens is 1. The Kier molecular flexibility index (Phi) is 2.36. The third-order valence-electron chi connectivity index (χ3n) is 3.68. The van der Waals surface area contributed by atoms with Crippen LogP contribution < -0.4 is 10.6 Å². The molecule has 0 amide bonds. The van der Waals surface area contributed by atoms with Gasteiger partial charge in [-0.25, -0.2) is 4.98 Å². The first kappa shape index (κ1) is 10.7. The molecule has 90 valence electrons. The monoisotopic (exact) mass is 252 g/mol. The number of hydrogen-bond acceptors (Lipinski definition) is 4. The number of hydrogen-bond donors (Lipinski definition) is 2. The van der Waals surface area contributed by atoms with Gasteiger partial charge in [0.1, 0.15) is 11.7 Å². The number of piperidine rings is 1. The van der Waals surface area contributed by atoms with Gasteiger partial charge < -0.3 is 15.8 Å². The molecule has 1 aromatic heterocycles. The van der Waals surface area contributed by atoms with Crippen LogP contribution in [-0.4, -0.2) is 29.1 Å². The van der Waals surface area contributed by atoms with Crippen molar-refractivity contribution in [2.75, 3.05) is 18.0 Å². The SMILES string of the molecule is N/C(=N\O)[C@@H]1[C@@H]2CN(c3cc(Cl)ccn3)C[C@@H]21. The highest BCUT2D eigenvalue weighted by atomic mass is 35.5. The predicted molar refractivity (Wildman–Crippen MR) is 65.3 cm³/mol. The van der Waals surface area contributed by atoms with Gasteiger partial charge in [0.15, 0.2) is 0 Å². The van der Waals surface area contributed by atoms with Crippen molar-refractivity contribution in [1.29, 1.82) is 0 Å². The standard InChI is InChI=1S/C11H13ClN4O/c12-6-1-2-14-9(3-6)16-4-7-8(5-16)10(7)11(13)15-17/h1-3,7-8,10,17H,4-5H2,(H2,13,15)/t7-,8+,10-. The highest BCUT2D eigenvalue weighted by Crippen LogP contribution is 2.52. The minimum Gasteiger partial charge on any atom is -0.409 e. The minimum atomic E-state index is 0.246. The Morgan fingerprint density at radius 2 is 2.24 bits per heavy atom. The van der Waals surface area contributed by atoms with Gasteiger partial charge in [-0.2, -0.15) is 0 Å². The van der Waals surface area contributed by atoms with Crippen molar-refractivity contribution >= 4 is 23.3 Å². The first-order chi connectivity index (χ1) is 8.20. The van der Waals surface area contributed by atoms with E-state index < -0.39 is 0 Å². The molecule has 1 aliphatic carbocycles. The molecule has 0 unspecified atom stereocenters. The van der Waals surface area contributed by atoms with Crippen LogP contribution in [0.1, 0.15) is 0 Å². The van der Waals surface area contributed by atoms with Gasteiger partial charge in [0.25, 0.3) is 0 Å². The van der Waals surface area contributed by atoms with E-state index in [-0.39, 0.29) is 5.92 Å². The molecule has 2 fully saturated rings. The number of fused-ring (bicyclic) bond motifs is 1. The van der Waals surface area contributed by atoms with Gasteiger partial charge in [-0.3, -0.25) is 0 Å². The second-order valence-electron chi connectivity index (χ2n) is 4.62. The fourth-order valence-electron chi connectivity index (χ4n) is 2.79. The van der Waals surface area contributed by atoms with E-state index >= 15 is 0 Å². The summed E-state index contributed by atoms with van der Waals surface area (Å²) in [4.78, 5) is 6.49. The number of pyridine rings is 1. The largest absolute Gasteiger partial charge is 0.409 e. The topological polar surface area (TPSA) is 74.7 Å².